The number of rotatable bonds is 4. The average molecular weight is 307 g/mol. The lowest BCUT2D eigenvalue weighted by Crippen LogP contribution is -2.33. The standard InChI is InChI=1S/C19H17NO3/c1-14(16-10-6-3-7-11-16)17-12-18(21)20(19(22)23-17)13-15-8-4-2-5-9-15/h2-12,14H,13H2,1H3. The summed E-state index contributed by atoms with van der Waals surface area (Å²) >= 11 is 0. The van der Waals surface area contributed by atoms with Gasteiger partial charge >= 0.3 is 5.76 Å². The van der Waals surface area contributed by atoms with Gasteiger partial charge in [0.1, 0.15) is 5.76 Å². The van der Waals surface area contributed by atoms with E-state index in [9.17, 15) is 9.59 Å². The minimum absolute atomic E-state index is 0.150. The number of benzene rings is 2. The van der Waals surface area contributed by atoms with Crippen molar-refractivity contribution < 1.29 is 4.42 Å². The third kappa shape index (κ3) is 3.31. The van der Waals surface area contributed by atoms with E-state index < -0.39 is 5.76 Å². The molecule has 0 amide bonds. The Kier molecular flexibility index (Phi) is 4.24. The van der Waals surface area contributed by atoms with Crippen molar-refractivity contribution in [1.82, 2.24) is 4.57 Å². The molecule has 3 rings (SSSR count). The lowest BCUT2D eigenvalue weighted by atomic mass is 9.99. The molecular weight excluding hydrogens is 290 g/mol. The summed E-state index contributed by atoms with van der Waals surface area (Å²) in [5, 5.41) is 0. The molecule has 1 atom stereocenters. The normalized spacial score (nSPS) is 12.0. The third-order valence-electron chi connectivity index (χ3n) is 3.87. The minimum atomic E-state index is -0.626. The highest BCUT2D eigenvalue weighted by Crippen LogP contribution is 2.21. The first-order valence-corrected chi connectivity index (χ1v) is 7.49. The Morgan fingerprint density at radius 3 is 2.17 bits per heavy atom. The largest absolute Gasteiger partial charge is 0.422 e. The van der Waals surface area contributed by atoms with Crippen LogP contribution in [0.4, 0.5) is 0 Å². The first-order valence-electron chi connectivity index (χ1n) is 7.49. The zero-order valence-corrected chi connectivity index (χ0v) is 12.8. The fourth-order valence-corrected chi connectivity index (χ4v) is 2.50. The van der Waals surface area contributed by atoms with E-state index >= 15 is 0 Å². The SMILES string of the molecule is CC(c1ccccc1)c1cc(=O)n(Cc2ccccc2)c(=O)o1. The van der Waals surface area contributed by atoms with Crippen LogP contribution >= 0.6 is 0 Å². The van der Waals surface area contributed by atoms with Gasteiger partial charge in [-0.2, -0.15) is 0 Å². The topological polar surface area (TPSA) is 52.2 Å². The second-order valence-electron chi connectivity index (χ2n) is 5.46. The highest BCUT2D eigenvalue weighted by Gasteiger charge is 2.14. The Balaban J connectivity index is 1.95. The summed E-state index contributed by atoms with van der Waals surface area (Å²) in [7, 11) is 0. The summed E-state index contributed by atoms with van der Waals surface area (Å²) in [5.74, 6) is -0.391. The average Bonchev–Trinajstić information content (AvgIpc) is 2.59. The van der Waals surface area contributed by atoms with Crippen LogP contribution in [-0.2, 0) is 6.54 Å². The molecule has 23 heavy (non-hydrogen) atoms. The highest BCUT2D eigenvalue weighted by molar-refractivity contribution is 5.25. The fourth-order valence-electron chi connectivity index (χ4n) is 2.50. The van der Waals surface area contributed by atoms with E-state index in [1.165, 1.54) is 6.07 Å². The first kappa shape index (κ1) is 15.0. The maximum absolute atomic E-state index is 12.3. The van der Waals surface area contributed by atoms with Crippen molar-refractivity contribution in [2.45, 2.75) is 19.4 Å². The molecule has 4 nitrogen and oxygen atoms in total. The molecule has 0 spiro atoms. The summed E-state index contributed by atoms with van der Waals surface area (Å²) in [6.07, 6.45) is 0. The lowest BCUT2D eigenvalue weighted by Gasteiger charge is -2.11. The Labute approximate surface area is 133 Å². The molecule has 1 aromatic heterocycles. The molecule has 3 aromatic rings. The van der Waals surface area contributed by atoms with E-state index in [0.717, 1.165) is 15.7 Å². The van der Waals surface area contributed by atoms with Gasteiger partial charge in [0.2, 0.25) is 0 Å². The van der Waals surface area contributed by atoms with Crippen molar-refractivity contribution >= 4 is 0 Å². The molecular formula is C19H17NO3. The molecule has 0 aliphatic carbocycles. The van der Waals surface area contributed by atoms with E-state index in [0.29, 0.717) is 5.76 Å². The summed E-state index contributed by atoms with van der Waals surface area (Å²) in [6, 6.07) is 20.4. The quantitative estimate of drug-likeness (QED) is 0.744. The molecule has 0 saturated carbocycles. The van der Waals surface area contributed by atoms with E-state index in [4.69, 9.17) is 4.42 Å². The zero-order chi connectivity index (χ0) is 16.2. The summed E-state index contributed by atoms with van der Waals surface area (Å²) < 4.78 is 6.49. The number of aromatic nitrogens is 1. The predicted octanol–water partition coefficient (Wildman–Crippen LogP) is 3.00. The highest BCUT2D eigenvalue weighted by atomic mass is 16.4. The van der Waals surface area contributed by atoms with Crippen molar-refractivity contribution in [3.05, 3.63) is 105 Å². The van der Waals surface area contributed by atoms with Crippen molar-refractivity contribution in [2.75, 3.05) is 0 Å². The van der Waals surface area contributed by atoms with Crippen molar-refractivity contribution in [3.63, 3.8) is 0 Å². The van der Waals surface area contributed by atoms with Gasteiger partial charge < -0.3 is 4.42 Å². The zero-order valence-electron chi connectivity index (χ0n) is 12.8. The van der Waals surface area contributed by atoms with Crippen LogP contribution < -0.4 is 11.3 Å². The van der Waals surface area contributed by atoms with Crippen LogP contribution in [0.1, 0.15) is 29.7 Å². The van der Waals surface area contributed by atoms with Gasteiger partial charge in [-0.25, -0.2) is 9.36 Å². The fraction of sp³-hybridized carbons (Fsp3) is 0.158. The van der Waals surface area contributed by atoms with Gasteiger partial charge in [-0.1, -0.05) is 67.6 Å². The van der Waals surface area contributed by atoms with Crippen molar-refractivity contribution in [3.8, 4) is 0 Å². The Morgan fingerprint density at radius 2 is 1.57 bits per heavy atom. The van der Waals surface area contributed by atoms with Crippen LogP contribution in [0, 0.1) is 0 Å². The molecule has 0 aliphatic heterocycles. The van der Waals surface area contributed by atoms with Crippen LogP contribution in [0.15, 0.2) is 80.7 Å². The van der Waals surface area contributed by atoms with Gasteiger partial charge in [-0.05, 0) is 11.1 Å². The van der Waals surface area contributed by atoms with Crippen LogP contribution in [0.2, 0.25) is 0 Å². The number of hydrogen-bond acceptors (Lipinski definition) is 3. The molecule has 0 radical (unpaired) electrons. The monoisotopic (exact) mass is 307 g/mol. The molecule has 0 aliphatic rings. The van der Waals surface area contributed by atoms with E-state index in [1.807, 2.05) is 67.6 Å². The smallest absolute Gasteiger partial charge is 0.414 e. The van der Waals surface area contributed by atoms with Gasteiger partial charge in [0.25, 0.3) is 5.56 Å². The summed E-state index contributed by atoms with van der Waals surface area (Å²) in [6.45, 7) is 2.12. The maximum atomic E-state index is 12.3. The Hall–Kier alpha value is -2.88. The molecule has 116 valence electrons. The summed E-state index contributed by atoms with van der Waals surface area (Å²) in [5.41, 5.74) is 1.53. The number of hydrogen-bond donors (Lipinski definition) is 0. The minimum Gasteiger partial charge on any atom is -0.414 e. The third-order valence-corrected chi connectivity index (χ3v) is 3.87. The molecule has 0 N–H and O–H groups in total. The summed E-state index contributed by atoms with van der Waals surface area (Å²) in [4.78, 5) is 24.5. The lowest BCUT2D eigenvalue weighted by molar-refractivity contribution is 0.387. The van der Waals surface area contributed by atoms with Gasteiger partial charge in [-0.3, -0.25) is 4.79 Å². The second-order valence-corrected chi connectivity index (χ2v) is 5.46. The molecule has 0 bridgehead atoms. The second kappa shape index (κ2) is 6.48. The van der Waals surface area contributed by atoms with Crippen LogP contribution in [-0.4, -0.2) is 4.57 Å². The van der Waals surface area contributed by atoms with Gasteiger partial charge in [-0.15, -0.1) is 0 Å². The Bertz CT molecular complexity index is 864. The van der Waals surface area contributed by atoms with Crippen molar-refractivity contribution in [1.29, 1.82) is 0 Å². The maximum Gasteiger partial charge on any atom is 0.422 e. The van der Waals surface area contributed by atoms with E-state index in [1.54, 1.807) is 0 Å². The predicted molar refractivity (Wildman–Crippen MR) is 88.7 cm³/mol. The van der Waals surface area contributed by atoms with Gasteiger partial charge in [0, 0.05) is 12.0 Å². The molecule has 2 aromatic carbocycles. The van der Waals surface area contributed by atoms with Crippen LogP contribution in [0.3, 0.4) is 0 Å². The van der Waals surface area contributed by atoms with E-state index in [2.05, 4.69) is 0 Å². The molecule has 1 heterocycles. The molecule has 0 fully saturated rings. The van der Waals surface area contributed by atoms with Gasteiger partial charge in [0.15, 0.2) is 0 Å². The molecule has 4 heteroatoms. The molecule has 0 saturated heterocycles. The van der Waals surface area contributed by atoms with Gasteiger partial charge in [0.05, 0.1) is 6.54 Å². The number of nitrogens with zero attached hydrogens (tertiary/aromatic N) is 1. The molecule has 1 unspecified atom stereocenters. The first-order chi connectivity index (χ1) is 11.1. The van der Waals surface area contributed by atoms with E-state index in [-0.39, 0.29) is 18.0 Å². The van der Waals surface area contributed by atoms with Crippen LogP contribution in [0.5, 0.6) is 0 Å². The van der Waals surface area contributed by atoms with Crippen LogP contribution in [0.25, 0.3) is 0 Å². The Morgan fingerprint density at radius 1 is 0.957 bits per heavy atom. The van der Waals surface area contributed by atoms with Crippen molar-refractivity contribution in [2.24, 2.45) is 0 Å².